The zero-order valence-electron chi connectivity index (χ0n) is 22.7. The summed E-state index contributed by atoms with van der Waals surface area (Å²) >= 11 is 0. The van der Waals surface area contributed by atoms with Gasteiger partial charge in [-0.3, -0.25) is 9.59 Å². The van der Waals surface area contributed by atoms with E-state index < -0.39 is 0 Å². The van der Waals surface area contributed by atoms with Crippen LogP contribution in [0.25, 0.3) is 11.8 Å². The van der Waals surface area contributed by atoms with E-state index in [-0.39, 0.29) is 23.8 Å². The van der Waals surface area contributed by atoms with Crippen LogP contribution in [0.5, 0.6) is 5.75 Å². The summed E-state index contributed by atoms with van der Waals surface area (Å²) in [5, 5.41) is 7.76. The molecule has 0 aliphatic carbocycles. The third kappa shape index (κ3) is 8.07. The summed E-state index contributed by atoms with van der Waals surface area (Å²) in [7, 11) is 1.62. The molecule has 2 aromatic carbocycles. The number of nitrogens with zero attached hydrogens (tertiary/aromatic N) is 3. The van der Waals surface area contributed by atoms with Crippen LogP contribution in [0.3, 0.4) is 0 Å². The molecule has 0 atom stereocenters. The zero-order valence-corrected chi connectivity index (χ0v) is 22.7. The van der Waals surface area contributed by atoms with Crippen molar-refractivity contribution in [2.75, 3.05) is 25.5 Å². The zero-order chi connectivity index (χ0) is 27.0. The fraction of sp³-hybridized carbons (Fsp3) is 0.367. The van der Waals surface area contributed by atoms with Crippen molar-refractivity contribution in [1.29, 1.82) is 0 Å². The molecule has 1 N–H and O–H groups in total. The number of rotatable bonds is 10. The summed E-state index contributed by atoms with van der Waals surface area (Å²) in [5.74, 6) is 1.22. The van der Waals surface area contributed by atoms with E-state index >= 15 is 0 Å². The molecule has 2 amide bonds. The van der Waals surface area contributed by atoms with Crippen molar-refractivity contribution in [3.05, 3.63) is 78.0 Å². The van der Waals surface area contributed by atoms with E-state index in [0.717, 1.165) is 29.1 Å². The molecule has 0 spiro atoms. The second kappa shape index (κ2) is 12.4. The summed E-state index contributed by atoms with van der Waals surface area (Å²) in [6.07, 6.45) is 4.11. The molecule has 37 heavy (non-hydrogen) atoms. The van der Waals surface area contributed by atoms with Gasteiger partial charge in [-0.1, -0.05) is 65.0 Å². The predicted molar refractivity (Wildman–Crippen MR) is 149 cm³/mol. The van der Waals surface area contributed by atoms with Gasteiger partial charge >= 0.3 is 0 Å². The first-order valence-corrected chi connectivity index (χ1v) is 12.6. The van der Waals surface area contributed by atoms with Crippen LogP contribution in [0.2, 0.25) is 0 Å². The van der Waals surface area contributed by atoms with Crippen LogP contribution in [-0.2, 0) is 15.0 Å². The number of hydrogen-bond donors (Lipinski definition) is 1. The van der Waals surface area contributed by atoms with Crippen molar-refractivity contribution in [1.82, 2.24) is 14.7 Å². The third-order valence-electron chi connectivity index (χ3n) is 5.90. The standard InChI is InChI=1S/C30H38N4O3/c1-22(2)18-19-33(29(36)17-12-23-10-8-7-9-11-23)21-28(35)31-27-20-26(30(3,4)5)32-34(27)24-13-15-25(37-6)16-14-24/h7-17,20,22H,18-19,21H2,1-6H3,(H,31,35). The molecule has 0 saturated carbocycles. The molecule has 0 fully saturated rings. The number of ether oxygens (including phenoxy) is 1. The maximum atomic E-state index is 13.2. The largest absolute Gasteiger partial charge is 0.497 e. The number of carbonyl (C=O) groups excluding carboxylic acids is 2. The van der Waals surface area contributed by atoms with Gasteiger partial charge in [0.25, 0.3) is 0 Å². The highest BCUT2D eigenvalue weighted by atomic mass is 16.5. The van der Waals surface area contributed by atoms with Gasteiger partial charge in [0.2, 0.25) is 11.8 Å². The van der Waals surface area contributed by atoms with E-state index in [1.54, 1.807) is 22.8 Å². The van der Waals surface area contributed by atoms with Gasteiger partial charge < -0.3 is 15.0 Å². The minimum absolute atomic E-state index is 0.0523. The van der Waals surface area contributed by atoms with Crippen LogP contribution >= 0.6 is 0 Å². The number of amides is 2. The molecule has 3 aromatic rings. The van der Waals surface area contributed by atoms with Gasteiger partial charge in [0.15, 0.2) is 0 Å². The molecule has 7 heteroatoms. The Bertz CT molecular complexity index is 1210. The third-order valence-corrected chi connectivity index (χ3v) is 5.90. The lowest BCUT2D eigenvalue weighted by atomic mass is 9.92. The highest BCUT2D eigenvalue weighted by molar-refractivity contribution is 5.97. The molecule has 1 heterocycles. The van der Waals surface area contributed by atoms with Gasteiger partial charge in [-0.15, -0.1) is 0 Å². The summed E-state index contributed by atoms with van der Waals surface area (Å²) in [6.45, 7) is 10.9. The molecule has 0 bridgehead atoms. The topological polar surface area (TPSA) is 76.5 Å². The summed E-state index contributed by atoms with van der Waals surface area (Å²) in [4.78, 5) is 27.8. The highest BCUT2D eigenvalue weighted by Crippen LogP contribution is 2.27. The van der Waals surface area contributed by atoms with Crippen molar-refractivity contribution >= 4 is 23.7 Å². The Balaban J connectivity index is 1.81. The normalized spacial score (nSPS) is 11.6. The molecule has 1 aromatic heterocycles. The predicted octanol–water partition coefficient (Wildman–Crippen LogP) is 5.71. The Labute approximate surface area is 220 Å². The Morgan fingerprint density at radius 1 is 1.08 bits per heavy atom. The van der Waals surface area contributed by atoms with Crippen molar-refractivity contribution in [3.8, 4) is 11.4 Å². The van der Waals surface area contributed by atoms with Crippen molar-refractivity contribution in [2.24, 2.45) is 5.92 Å². The monoisotopic (exact) mass is 502 g/mol. The van der Waals surface area contributed by atoms with E-state index in [0.29, 0.717) is 18.3 Å². The van der Waals surface area contributed by atoms with E-state index in [2.05, 4.69) is 39.9 Å². The smallest absolute Gasteiger partial charge is 0.247 e. The molecule has 0 radical (unpaired) electrons. The Morgan fingerprint density at radius 3 is 2.35 bits per heavy atom. The number of anilines is 1. The molecule has 0 aliphatic rings. The van der Waals surface area contributed by atoms with E-state index in [1.165, 1.54) is 6.08 Å². The van der Waals surface area contributed by atoms with Gasteiger partial charge in [-0.2, -0.15) is 5.10 Å². The SMILES string of the molecule is COc1ccc(-n2nc(C(C)(C)C)cc2NC(=O)CN(CCC(C)C)C(=O)C=Cc2ccccc2)cc1. The van der Waals surface area contributed by atoms with Gasteiger partial charge in [-0.25, -0.2) is 4.68 Å². The number of nitrogens with one attached hydrogen (secondary N) is 1. The molecule has 0 unspecified atom stereocenters. The fourth-order valence-electron chi connectivity index (χ4n) is 3.63. The first kappa shape index (κ1) is 27.7. The minimum Gasteiger partial charge on any atom is -0.497 e. The Hall–Kier alpha value is -3.87. The van der Waals surface area contributed by atoms with Crippen LogP contribution in [0.4, 0.5) is 5.82 Å². The quantitative estimate of drug-likeness (QED) is 0.361. The van der Waals surface area contributed by atoms with E-state index in [1.807, 2.05) is 60.7 Å². The average molecular weight is 503 g/mol. The number of methoxy groups -OCH3 is 1. The lowest BCUT2D eigenvalue weighted by Gasteiger charge is -2.22. The number of hydrogen-bond acceptors (Lipinski definition) is 4. The molecular weight excluding hydrogens is 464 g/mol. The molecule has 0 aliphatic heterocycles. The lowest BCUT2D eigenvalue weighted by Crippen LogP contribution is -2.38. The Kier molecular flexibility index (Phi) is 9.28. The van der Waals surface area contributed by atoms with Crippen LogP contribution in [0, 0.1) is 5.92 Å². The van der Waals surface area contributed by atoms with Crippen LogP contribution in [0.1, 0.15) is 52.3 Å². The summed E-state index contributed by atoms with van der Waals surface area (Å²) in [6, 6.07) is 19.0. The van der Waals surface area contributed by atoms with Crippen molar-refractivity contribution in [2.45, 2.75) is 46.5 Å². The minimum atomic E-state index is -0.277. The number of carbonyl (C=O) groups is 2. The first-order chi connectivity index (χ1) is 17.6. The maximum Gasteiger partial charge on any atom is 0.247 e. The van der Waals surface area contributed by atoms with Crippen molar-refractivity contribution in [3.63, 3.8) is 0 Å². The van der Waals surface area contributed by atoms with Gasteiger partial charge in [0.05, 0.1) is 18.5 Å². The molecule has 196 valence electrons. The number of benzene rings is 2. The second-order valence-corrected chi connectivity index (χ2v) is 10.5. The van der Waals surface area contributed by atoms with Crippen LogP contribution in [-0.4, -0.2) is 46.7 Å². The summed E-state index contributed by atoms with van der Waals surface area (Å²) in [5.41, 5.74) is 2.36. The van der Waals surface area contributed by atoms with Crippen LogP contribution < -0.4 is 10.1 Å². The average Bonchev–Trinajstić information content (AvgIpc) is 3.30. The fourth-order valence-corrected chi connectivity index (χ4v) is 3.63. The second-order valence-electron chi connectivity index (χ2n) is 10.5. The number of aromatic nitrogens is 2. The lowest BCUT2D eigenvalue weighted by molar-refractivity contribution is -0.130. The van der Waals surface area contributed by atoms with E-state index in [9.17, 15) is 9.59 Å². The van der Waals surface area contributed by atoms with Gasteiger partial charge in [-0.05, 0) is 48.2 Å². The van der Waals surface area contributed by atoms with E-state index in [4.69, 9.17) is 9.84 Å². The summed E-state index contributed by atoms with van der Waals surface area (Å²) < 4.78 is 6.99. The van der Waals surface area contributed by atoms with Gasteiger partial charge in [0, 0.05) is 24.1 Å². The van der Waals surface area contributed by atoms with Gasteiger partial charge in [0.1, 0.15) is 18.1 Å². The highest BCUT2D eigenvalue weighted by Gasteiger charge is 2.23. The molecule has 0 saturated heterocycles. The van der Waals surface area contributed by atoms with Crippen LogP contribution in [0.15, 0.2) is 66.7 Å². The van der Waals surface area contributed by atoms with Crippen molar-refractivity contribution < 1.29 is 14.3 Å². The Morgan fingerprint density at radius 2 is 1.76 bits per heavy atom. The molecule has 7 nitrogen and oxygen atoms in total. The maximum absolute atomic E-state index is 13.2. The molecule has 3 rings (SSSR count). The molecular formula is C30H38N4O3. The first-order valence-electron chi connectivity index (χ1n) is 12.6.